The summed E-state index contributed by atoms with van der Waals surface area (Å²) in [6, 6.07) is 1.09. The Kier molecular flexibility index (Phi) is 4.02. The van der Waals surface area contributed by atoms with Gasteiger partial charge in [0.15, 0.2) is 21.2 Å². The summed E-state index contributed by atoms with van der Waals surface area (Å²) in [5.74, 6) is 0. The van der Waals surface area contributed by atoms with Crippen molar-refractivity contribution in [2.45, 2.75) is 4.90 Å². The van der Waals surface area contributed by atoms with E-state index in [1.165, 1.54) is 0 Å². The molecule has 1 aromatic carbocycles. The summed E-state index contributed by atoms with van der Waals surface area (Å²) in [7, 11) is -4.44. The Morgan fingerprint density at radius 2 is 1.72 bits per heavy atom. The predicted octanol–water partition coefficient (Wildman–Crippen LogP) is 0.636. The quantitative estimate of drug-likeness (QED) is 0.448. The van der Waals surface area contributed by atoms with Gasteiger partial charge in [-0.3, -0.25) is 23.3 Å². The van der Waals surface area contributed by atoms with Crippen molar-refractivity contribution in [3.63, 3.8) is 0 Å². The van der Waals surface area contributed by atoms with Gasteiger partial charge in [0.25, 0.3) is 11.4 Å². The highest BCUT2D eigenvalue weighted by atomic mass is 127. The van der Waals surface area contributed by atoms with Gasteiger partial charge in [0.2, 0.25) is 10.0 Å². The van der Waals surface area contributed by atoms with Gasteiger partial charge in [-0.15, -0.1) is 0 Å². The Bertz CT molecular complexity index is 655. The van der Waals surface area contributed by atoms with Crippen LogP contribution in [0, 0.1) is 23.8 Å². The maximum Gasteiger partial charge on any atom is 0.293 e. The lowest BCUT2D eigenvalue weighted by Gasteiger charge is -2.02. The molecule has 10 nitrogen and oxygen atoms in total. The molecule has 0 amide bonds. The van der Waals surface area contributed by atoms with Crippen LogP contribution in [0.4, 0.5) is 11.4 Å². The molecule has 0 atom stereocenters. The number of halogens is 1. The number of nitrogens with two attached hydrogens (primary N) is 1. The molecule has 18 heavy (non-hydrogen) atoms. The number of primary sulfonamides is 1. The number of hydrogen-bond donors (Lipinski definition) is 1. The van der Waals surface area contributed by atoms with Crippen LogP contribution in [0.5, 0.6) is 0 Å². The van der Waals surface area contributed by atoms with E-state index in [1.807, 2.05) is 0 Å². The summed E-state index contributed by atoms with van der Waals surface area (Å²) in [5, 5.41) is 26.0. The van der Waals surface area contributed by atoms with E-state index in [1.54, 1.807) is 0 Å². The van der Waals surface area contributed by atoms with Gasteiger partial charge >= 0.3 is 0 Å². The average Bonchev–Trinajstić information content (AvgIpc) is 2.25. The van der Waals surface area contributed by atoms with E-state index in [0.717, 1.165) is 0 Å². The number of non-ortho nitro benzene ring substituents is 1. The van der Waals surface area contributed by atoms with Crippen LogP contribution in [-0.4, -0.2) is 18.3 Å². The lowest BCUT2D eigenvalue weighted by atomic mass is 10.3. The molecule has 0 aromatic heterocycles. The second-order valence-corrected chi connectivity index (χ2v) is 5.96. The number of nitro groups is 2. The van der Waals surface area contributed by atoms with E-state index in [-0.39, 0.29) is 0 Å². The average molecular weight is 389 g/mol. The molecule has 1 rings (SSSR count). The van der Waals surface area contributed by atoms with Crippen molar-refractivity contribution in [3.05, 3.63) is 35.9 Å². The zero-order chi connectivity index (χ0) is 14.1. The molecule has 12 heteroatoms. The highest BCUT2D eigenvalue weighted by Crippen LogP contribution is 2.33. The van der Waals surface area contributed by atoms with E-state index in [4.69, 9.17) is 5.14 Å². The van der Waals surface area contributed by atoms with Gasteiger partial charge in [0, 0.05) is 6.07 Å². The monoisotopic (exact) mass is 389 g/mol. The van der Waals surface area contributed by atoms with E-state index in [2.05, 4.69) is 0 Å². The molecule has 98 valence electrons. The number of rotatable bonds is 4. The van der Waals surface area contributed by atoms with E-state index in [0.29, 0.717) is 12.1 Å². The number of sulfonamides is 1. The lowest BCUT2D eigenvalue weighted by molar-refractivity contribution is -0.395. The molecule has 0 heterocycles. The Morgan fingerprint density at radius 1 is 1.17 bits per heavy atom. The SMILES string of the molecule is NS(=O)(=O)c1cc([N+](=O)[O-])cc([N+](=O)[O-])c1I=O. The van der Waals surface area contributed by atoms with Crippen molar-refractivity contribution >= 4 is 42.6 Å². The largest absolute Gasteiger partial charge is 0.293 e. The van der Waals surface area contributed by atoms with Crippen LogP contribution >= 0.6 is 21.2 Å². The van der Waals surface area contributed by atoms with Crippen LogP contribution in [-0.2, 0) is 13.1 Å². The predicted molar refractivity (Wildman–Crippen MR) is 64.5 cm³/mol. The Morgan fingerprint density at radius 3 is 2.06 bits per heavy atom. The Labute approximate surface area is 110 Å². The normalized spacial score (nSPS) is 11.2. The molecule has 0 spiro atoms. The van der Waals surface area contributed by atoms with Gasteiger partial charge in [0.05, 0.1) is 15.9 Å². The number of benzene rings is 1. The van der Waals surface area contributed by atoms with Crippen molar-refractivity contribution < 1.29 is 21.3 Å². The van der Waals surface area contributed by atoms with Crippen LogP contribution in [0.3, 0.4) is 0 Å². The first-order chi connectivity index (χ1) is 8.18. The topological polar surface area (TPSA) is 164 Å². The second kappa shape index (κ2) is 4.99. The summed E-state index contributed by atoms with van der Waals surface area (Å²) >= 11 is -2.24. The summed E-state index contributed by atoms with van der Waals surface area (Å²) in [4.78, 5) is 18.3. The van der Waals surface area contributed by atoms with E-state index >= 15 is 0 Å². The van der Waals surface area contributed by atoms with Gasteiger partial charge in [-0.05, 0) is 0 Å². The van der Waals surface area contributed by atoms with Gasteiger partial charge in [-0.2, -0.15) is 0 Å². The maximum atomic E-state index is 11.2. The first-order valence-corrected chi connectivity index (χ1v) is 7.45. The highest BCUT2D eigenvalue weighted by molar-refractivity contribution is 14.1. The molecule has 0 aliphatic rings. The fourth-order valence-electron chi connectivity index (χ4n) is 1.09. The minimum Gasteiger partial charge on any atom is -0.265 e. The van der Waals surface area contributed by atoms with Crippen molar-refractivity contribution in [1.29, 1.82) is 0 Å². The summed E-state index contributed by atoms with van der Waals surface area (Å²) in [5.41, 5.74) is -1.71. The fraction of sp³-hybridized carbons (Fsp3) is 0. The molecule has 0 unspecified atom stereocenters. The third-order valence-corrected chi connectivity index (χ3v) is 4.67. The zero-order valence-corrected chi connectivity index (χ0v) is 11.2. The molecular weight excluding hydrogens is 385 g/mol. The first kappa shape index (κ1) is 14.5. The summed E-state index contributed by atoms with van der Waals surface area (Å²) in [6.45, 7) is 0. The molecule has 0 radical (unpaired) electrons. The molecule has 0 saturated carbocycles. The molecule has 0 fully saturated rings. The van der Waals surface area contributed by atoms with Gasteiger partial charge in [-0.1, -0.05) is 0 Å². The standard InChI is InChI=1S/C6H4IN3O7S/c8-18(16,17)5-2-3(9(12)13)1-4(10(14)15)6(5)7-11/h1-2H,(H2,8,16,17). The minimum absolute atomic E-state index is 0.543. The first-order valence-electron chi connectivity index (χ1n) is 3.95. The summed E-state index contributed by atoms with van der Waals surface area (Å²) in [6.07, 6.45) is 0. The highest BCUT2D eigenvalue weighted by Gasteiger charge is 2.29. The van der Waals surface area contributed by atoms with Crippen molar-refractivity contribution in [2.24, 2.45) is 5.14 Å². The molecule has 1 aromatic rings. The Hall–Kier alpha value is -1.54. The number of nitrogens with zero attached hydrogens (tertiary/aromatic N) is 2. The minimum atomic E-state index is -4.44. The van der Waals surface area contributed by atoms with Gasteiger partial charge < -0.3 is 0 Å². The second-order valence-electron chi connectivity index (χ2n) is 2.91. The molecule has 0 aliphatic carbocycles. The maximum absolute atomic E-state index is 11.2. The number of nitro benzene ring substituents is 2. The zero-order valence-electron chi connectivity index (χ0n) is 8.27. The third kappa shape index (κ3) is 2.82. The van der Waals surface area contributed by atoms with Crippen LogP contribution in [0.2, 0.25) is 0 Å². The number of hydrogen-bond acceptors (Lipinski definition) is 7. The van der Waals surface area contributed by atoms with Gasteiger partial charge in [-0.25, -0.2) is 13.6 Å². The molecular formula is C6H4IN3O7S. The van der Waals surface area contributed by atoms with Crippen LogP contribution in [0.1, 0.15) is 0 Å². The smallest absolute Gasteiger partial charge is 0.265 e. The van der Waals surface area contributed by atoms with E-state index < -0.39 is 60.9 Å². The van der Waals surface area contributed by atoms with Crippen LogP contribution in [0.15, 0.2) is 17.0 Å². The van der Waals surface area contributed by atoms with Gasteiger partial charge in [0.1, 0.15) is 8.47 Å². The van der Waals surface area contributed by atoms with E-state index in [9.17, 15) is 31.7 Å². The van der Waals surface area contributed by atoms with Crippen molar-refractivity contribution in [1.82, 2.24) is 0 Å². The third-order valence-electron chi connectivity index (χ3n) is 1.80. The van der Waals surface area contributed by atoms with Crippen LogP contribution < -0.4 is 5.14 Å². The summed E-state index contributed by atoms with van der Waals surface area (Å²) < 4.78 is 32.7. The molecule has 2 N–H and O–H groups in total. The van der Waals surface area contributed by atoms with Crippen molar-refractivity contribution in [2.75, 3.05) is 0 Å². The molecule has 0 saturated heterocycles. The molecule has 0 bridgehead atoms. The fourth-order valence-corrected chi connectivity index (χ4v) is 3.81. The molecule has 0 aliphatic heterocycles. The van der Waals surface area contributed by atoms with Crippen molar-refractivity contribution in [3.8, 4) is 0 Å². The van der Waals surface area contributed by atoms with Crippen LogP contribution in [0.25, 0.3) is 0 Å². The Balaban J connectivity index is 3.84. The lowest BCUT2D eigenvalue weighted by Crippen LogP contribution is -2.15.